The molecule has 1 N–H and O–H groups in total. The standard InChI is InChI=1S/C26H25N3O3/c1-15(19-13-16-9-10-18(19)12-16)27-25(30)20-14-21(22-8-5-11-31-22)28-26-23(20)24(29-32-26)17-6-3-2-4-7-17/h2-8,11,14-16,18-19H,9-10,12-13H2,1H3,(H,27,30)/t15-,16+,18+,19-/m1/s1. The molecule has 3 aromatic heterocycles. The lowest BCUT2D eigenvalue weighted by molar-refractivity contribution is 0.0917. The Bertz CT molecular complexity index is 1260. The molecule has 0 unspecified atom stereocenters. The molecular weight excluding hydrogens is 402 g/mol. The van der Waals surface area contributed by atoms with E-state index in [1.165, 1.54) is 25.7 Å². The maximum Gasteiger partial charge on any atom is 0.259 e. The van der Waals surface area contributed by atoms with Crippen LogP contribution in [0.2, 0.25) is 0 Å². The zero-order chi connectivity index (χ0) is 21.7. The molecule has 3 heterocycles. The number of amides is 1. The van der Waals surface area contributed by atoms with Crippen molar-refractivity contribution in [2.45, 2.75) is 38.6 Å². The Morgan fingerprint density at radius 3 is 2.72 bits per heavy atom. The van der Waals surface area contributed by atoms with Gasteiger partial charge in [0.25, 0.3) is 11.6 Å². The van der Waals surface area contributed by atoms with Crippen molar-refractivity contribution >= 4 is 17.0 Å². The molecule has 0 radical (unpaired) electrons. The predicted octanol–water partition coefficient (Wildman–Crippen LogP) is 5.70. The number of nitrogens with one attached hydrogen (secondary N) is 1. The zero-order valence-electron chi connectivity index (χ0n) is 18.0. The summed E-state index contributed by atoms with van der Waals surface area (Å²) < 4.78 is 11.1. The first-order chi connectivity index (χ1) is 15.7. The van der Waals surface area contributed by atoms with Gasteiger partial charge in [-0.3, -0.25) is 4.79 Å². The van der Waals surface area contributed by atoms with E-state index in [0.717, 1.165) is 17.4 Å². The lowest BCUT2D eigenvalue weighted by Gasteiger charge is -2.28. The number of carbonyl (C=O) groups excluding carboxylic acids is 1. The van der Waals surface area contributed by atoms with Crippen LogP contribution in [0.25, 0.3) is 33.8 Å². The van der Waals surface area contributed by atoms with Gasteiger partial charge < -0.3 is 14.3 Å². The average molecular weight is 428 g/mol. The van der Waals surface area contributed by atoms with Gasteiger partial charge in [0.2, 0.25) is 0 Å². The third-order valence-electron chi connectivity index (χ3n) is 7.31. The minimum atomic E-state index is -0.124. The summed E-state index contributed by atoms with van der Waals surface area (Å²) in [6.45, 7) is 2.14. The molecule has 2 aliphatic rings. The number of furan rings is 1. The van der Waals surface area contributed by atoms with Gasteiger partial charge in [-0.05, 0) is 62.1 Å². The number of fused-ring (bicyclic) bond motifs is 3. The highest BCUT2D eigenvalue weighted by atomic mass is 16.5. The van der Waals surface area contributed by atoms with Gasteiger partial charge >= 0.3 is 0 Å². The Morgan fingerprint density at radius 2 is 2.00 bits per heavy atom. The van der Waals surface area contributed by atoms with Crippen molar-refractivity contribution in [3.63, 3.8) is 0 Å². The van der Waals surface area contributed by atoms with Crippen LogP contribution in [0.15, 0.2) is 63.7 Å². The fourth-order valence-electron chi connectivity index (χ4n) is 5.77. The largest absolute Gasteiger partial charge is 0.463 e. The van der Waals surface area contributed by atoms with E-state index in [0.29, 0.717) is 39.7 Å². The first-order valence-corrected chi connectivity index (χ1v) is 11.4. The lowest BCUT2D eigenvalue weighted by Crippen LogP contribution is -2.40. The highest BCUT2D eigenvalue weighted by molar-refractivity contribution is 6.10. The van der Waals surface area contributed by atoms with E-state index in [4.69, 9.17) is 8.94 Å². The summed E-state index contributed by atoms with van der Waals surface area (Å²) >= 11 is 0. The molecule has 2 fully saturated rings. The molecule has 2 bridgehead atoms. The van der Waals surface area contributed by atoms with Crippen molar-refractivity contribution in [1.82, 2.24) is 15.5 Å². The number of benzene rings is 1. The molecule has 0 saturated heterocycles. The van der Waals surface area contributed by atoms with E-state index < -0.39 is 0 Å². The van der Waals surface area contributed by atoms with Crippen LogP contribution in [-0.2, 0) is 0 Å². The van der Waals surface area contributed by atoms with E-state index in [1.54, 1.807) is 18.4 Å². The quantitative estimate of drug-likeness (QED) is 0.442. The van der Waals surface area contributed by atoms with Crippen LogP contribution < -0.4 is 5.32 Å². The normalized spacial score (nSPS) is 23.0. The molecule has 0 spiro atoms. The minimum Gasteiger partial charge on any atom is -0.463 e. The van der Waals surface area contributed by atoms with Gasteiger partial charge in [0.1, 0.15) is 11.4 Å². The maximum absolute atomic E-state index is 13.6. The summed E-state index contributed by atoms with van der Waals surface area (Å²) in [6, 6.07) is 15.3. The number of carbonyl (C=O) groups is 1. The summed E-state index contributed by atoms with van der Waals surface area (Å²) in [6.07, 6.45) is 6.77. The molecule has 0 aliphatic heterocycles. The summed E-state index contributed by atoms with van der Waals surface area (Å²) in [4.78, 5) is 18.2. The van der Waals surface area contributed by atoms with Crippen molar-refractivity contribution < 1.29 is 13.7 Å². The first-order valence-electron chi connectivity index (χ1n) is 11.4. The lowest BCUT2D eigenvalue weighted by atomic mass is 9.84. The molecule has 4 atom stereocenters. The molecule has 6 rings (SSSR count). The number of rotatable bonds is 5. The average Bonchev–Trinajstić information content (AvgIpc) is 3.62. The fourth-order valence-corrected chi connectivity index (χ4v) is 5.77. The van der Waals surface area contributed by atoms with Gasteiger partial charge in [-0.1, -0.05) is 41.9 Å². The summed E-state index contributed by atoms with van der Waals surface area (Å²) in [5.41, 5.74) is 2.90. The maximum atomic E-state index is 13.6. The Labute approximate surface area is 186 Å². The Hall–Kier alpha value is -3.41. The molecule has 1 amide bonds. The van der Waals surface area contributed by atoms with Crippen LogP contribution in [-0.4, -0.2) is 22.1 Å². The van der Waals surface area contributed by atoms with Crippen LogP contribution >= 0.6 is 0 Å². The molecule has 2 saturated carbocycles. The smallest absolute Gasteiger partial charge is 0.259 e. The molecule has 1 aromatic carbocycles. The van der Waals surface area contributed by atoms with Gasteiger partial charge in [-0.2, -0.15) is 0 Å². The third kappa shape index (κ3) is 3.22. The molecule has 6 heteroatoms. The zero-order valence-corrected chi connectivity index (χ0v) is 18.0. The van der Waals surface area contributed by atoms with Crippen LogP contribution in [0.1, 0.15) is 43.0 Å². The highest BCUT2D eigenvalue weighted by Gasteiger charge is 2.42. The molecule has 2 aliphatic carbocycles. The second-order valence-corrected chi connectivity index (χ2v) is 9.21. The number of aromatic nitrogens is 2. The van der Waals surface area contributed by atoms with E-state index in [9.17, 15) is 4.79 Å². The topological polar surface area (TPSA) is 81.2 Å². The van der Waals surface area contributed by atoms with E-state index in [1.807, 2.05) is 36.4 Å². The number of hydrogen-bond acceptors (Lipinski definition) is 5. The second kappa shape index (κ2) is 7.62. The Balaban J connectivity index is 1.41. The predicted molar refractivity (Wildman–Crippen MR) is 121 cm³/mol. The van der Waals surface area contributed by atoms with Crippen molar-refractivity contribution in [1.29, 1.82) is 0 Å². The van der Waals surface area contributed by atoms with Crippen molar-refractivity contribution in [3.05, 3.63) is 60.4 Å². The van der Waals surface area contributed by atoms with Crippen LogP contribution in [0.5, 0.6) is 0 Å². The fraction of sp³-hybridized carbons (Fsp3) is 0.346. The molecule has 4 aromatic rings. The van der Waals surface area contributed by atoms with Crippen LogP contribution in [0, 0.1) is 17.8 Å². The molecule has 6 nitrogen and oxygen atoms in total. The van der Waals surface area contributed by atoms with E-state index in [2.05, 4.69) is 22.4 Å². The van der Waals surface area contributed by atoms with Gasteiger partial charge in [0.15, 0.2) is 5.76 Å². The van der Waals surface area contributed by atoms with Gasteiger partial charge in [0, 0.05) is 11.6 Å². The number of hydrogen-bond donors (Lipinski definition) is 1. The van der Waals surface area contributed by atoms with Crippen LogP contribution in [0.4, 0.5) is 0 Å². The number of pyridine rings is 1. The monoisotopic (exact) mass is 427 g/mol. The molecule has 32 heavy (non-hydrogen) atoms. The van der Waals surface area contributed by atoms with E-state index in [-0.39, 0.29) is 11.9 Å². The summed E-state index contributed by atoms with van der Waals surface area (Å²) in [7, 11) is 0. The Kier molecular flexibility index (Phi) is 4.59. The van der Waals surface area contributed by atoms with Crippen LogP contribution in [0.3, 0.4) is 0 Å². The second-order valence-electron chi connectivity index (χ2n) is 9.21. The third-order valence-corrected chi connectivity index (χ3v) is 7.31. The highest BCUT2D eigenvalue weighted by Crippen LogP contribution is 2.49. The SMILES string of the molecule is C[C@@H](NC(=O)c1cc(-c2ccco2)nc2onc(-c3ccccc3)c12)[C@H]1C[C@H]2CC[C@H]1C2. The summed E-state index contributed by atoms with van der Waals surface area (Å²) in [5, 5.41) is 8.19. The van der Waals surface area contributed by atoms with E-state index >= 15 is 0 Å². The molecule has 162 valence electrons. The summed E-state index contributed by atoms with van der Waals surface area (Å²) in [5.74, 6) is 2.59. The van der Waals surface area contributed by atoms with Gasteiger partial charge in [0.05, 0.1) is 17.2 Å². The molecular formula is C26H25N3O3. The van der Waals surface area contributed by atoms with Gasteiger partial charge in [-0.15, -0.1) is 0 Å². The Morgan fingerprint density at radius 1 is 1.12 bits per heavy atom. The van der Waals surface area contributed by atoms with Crippen molar-refractivity contribution in [3.8, 4) is 22.7 Å². The first kappa shape index (κ1) is 19.3. The minimum absolute atomic E-state index is 0.119. The van der Waals surface area contributed by atoms with Crippen molar-refractivity contribution in [2.24, 2.45) is 17.8 Å². The number of nitrogens with zero attached hydrogens (tertiary/aromatic N) is 2. The van der Waals surface area contributed by atoms with Crippen molar-refractivity contribution in [2.75, 3.05) is 0 Å². The van der Waals surface area contributed by atoms with Gasteiger partial charge in [-0.25, -0.2) is 4.98 Å².